The van der Waals surface area contributed by atoms with Gasteiger partial charge in [0.1, 0.15) is 0 Å². The Balaban J connectivity index is 1.42. The monoisotopic (exact) mass is 453 g/mol. The maximum absolute atomic E-state index is 4.73. The van der Waals surface area contributed by atoms with E-state index in [1.54, 1.807) is 10.9 Å². The second-order valence-corrected chi connectivity index (χ2v) is 7.85. The number of pyridine rings is 1. The Labute approximate surface area is 201 Å². The molecule has 6 aromatic rings. The van der Waals surface area contributed by atoms with Gasteiger partial charge < -0.3 is 0 Å². The Morgan fingerprint density at radius 1 is 0.514 bits per heavy atom. The van der Waals surface area contributed by atoms with Gasteiger partial charge in [-0.2, -0.15) is 0 Å². The number of benzene rings is 3. The van der Waals surface area contributed by atoms with Crippen molar-refractivity contribution < 1.29 is 0 Å². The third-order valence-electron chi connectivity index (χ3n) is 5.49. The van der Waals surface area contributed by atoms with Gasteiger partial charge in [-0.15, -0.1) is 5.10 Å². The fourth-order valence-corrected chi connectivity index (χ4v) is 3.76. The van der Waals surface area contributed by atoms with Crippen LogP contribution in [0, 0.1) is 0 Å². The van der Waals surface area contributed by atoms with Crippen LogP contribution in [0.1, 0.15) is 0 Å². The fraction of sp³-hybridized carbons (Fsp3) is 0. The summed E-state index contributed by atoms with van der Waals surface area (Å²) >= 11 is 0. The molecule has 166 valence electrons. The van der Waals surface area contributed by atoms with E-state index in [-0.39, 0.29) is 0 Å². The fourth-order valence-electron chi connectivity index (χ4n) is 3.76. The molecule has 0 saturated heterocycles. The average molecular weight is 454 g/mol. The van der Waals surface area contributed by atoms with Crippen molar-refractivity contribution in [1.29, 1.82) is 0 Å². The molecule has 0 aliphatic carbocycles. The van der Waals surface area contributed by atoms with E-state index < -0.39 is 0 Å². The van der Waals surface area contributed by atoms with Crippen LogP contribution in [-0.4, -0.2) is 34.9 Å². The normalized spacial score (nSPS) is 10.9. The molecule has 35 heavy (non-hydrogen) atoms. The summed E-state index contributed by atoms with van der Waals surface area (Å²) in [5.74, 6) is 1.63. The quantitative estimate of drug-likeness (QED) is 0.342. The lowest BCUT2D eigenvalue weighted by atomic mass is 10.1. The second kappa shape index (κ2) is 9.07. The van der Waals surface area contributed by atoms with Crippen molar-refractivity contribution in [3.63, 3.8) is 0 Å². The SMILES string of the molecule is c1ccc(-c2nc(-c3ccccc3)nc(-c3cn(-c4cccc(-c5ccccn5)c4)nn3)n2)cc1. The molecule has 7 nitrogen and oxygen atoms in total. The molecule has 0 unspecified atom stereocenters. The molecule has 0 atom stereocenters. The first-order chi connectivity index (χ1) is 17.3. The first-order valence-corrected chi connectivity index (χ1v) is 11.1. The van der Waals surface area contributed by atoms with E-state index in [0.717, 1.165) is 28.1 Å². The maximum atomic E-state index is 4.73. The summed E-state index contributed by atoms with van der Waals surface area (Å²) in [6.07, 6.45) is 3.61. The lowest BCUT2D eigenvalue weighted by molar-refractivity contribution is 0.803. The molecule has 0 fully saturated rings. The molecular formula is C28H19N7. The molecule has 0 aliphatic rings. The molecule has 0 bridgehead atoms. The van der Waals surface area contributed by atoms with Crippen molar-refractivity contribution >= 4 is 0 Å². The highest BCUT2D eigenvalue weighted by atomic mass is 15.4. The molecule has 7 heteroatoms. The summed E-state index contributed by atoms with van der Waals surface area (Å²) in [7, 11) is 0. The summed E-state index contributed by atoms with van der Waals surface area (Å²) in [6, 6.07) is 33.6. The van der Waals surface area contributed by atoms with E-state index in [1.165, 1.54) is 0 Å². The summed E-state index contributed by atoms with van der Waals surface area (Å²) in [4.78, 5) is 18.6. The highest BCUT2D eigenvalue weighted by Gasteiger charge is 2.15. The first-order valence-electron chi connectivity index (χ1n) is 11.1. The minimum absolute atomic E-state index is 0.463. The smallest absolute Gasteiger partial charge is 0.186 e. The first kappa shape index (κ1) is 20.6. The van der Waals surface area contributed by atoms with Crippen molar-refractivity contribution in [3.05, 3.63) is 116 Å². The van der Waals surface area contributed by atoms with Gasteiger partial charge in [0.2, 0.25) is 0 Å². The van der Waals surface area contributed by atoms with Crippen molar-refractivity contribution in [1.82, 2.24) is 34.9 Å². The predicted molar refractivity (Wildman–Crippen MR) is 134 cm³/mol. The van der Waals surface area contributed by atoms with Crippen LogP contribution in [0.2, 0.25) is 0 Å². The maximum Gasteiger partial charge on any atom is 0.186 e. The van der Waals surface area contributed by atoms with Crippen LogP contribution >= 0.6 is 0 Å². The van der Waals surface area contributed by atoms with E-state index in [9.17, 15) is 0 Å². The van der Waals surface area contributed by atoms with Gasteiger partial charge in [0, 0.05) is 22.9 Å². The van der Waals surface area contributed by atoms with E-state index in [0.29, 0.717) is 23.2 Å². The number of hydrogen-bond acceptors (Lipinski definition) is 6. The zero-order valence-electron chi connectivity index (χ0n) is 18.6. The van der Waals surface area contributed by atoms with Crippen molar-refractivity contribution in [3.8, 4) is 51.2 Å². The number of nitrogens with zero attached hydrogens (tertiary/aromatic N) is 7. The van der Waals surface area contributed by atoms with E-state index in [1.807, 2.05) is 109 Å². The number of hydrogen-bond donors (Lipinski definition) is 0. The molecule has 0 radical (unpaired) electrons. The summed E-state index contributed by atoms with van der Waals surface area (Å²) < 4.78 is 1.72. The van der Waals surface area contributed by atoms with Crippen LogP contribution in [0.25, 0.3) is 51.2 Å². The highest BCUT2D eigenvalue weighted by Crippen LogP contribution is 2.25. The van der Waals surface area contributed by atoms with Gasteiger partial charge in [0.25, 0.3) is 0 Å². The third kappa shape index (κ3) is 4.30. The summed E-state index contributed by atoms with van der Waals surface area (Å²) in [6.45, 7) is 0. The zero-order valence-corrected chi connectivity index (χ0v) is 18.6. The van der Waals surface area contributed by atoms with Gasteiger partial charge in [-0.1, -0.05) is 84.1 Å². The van der Waals surface area contributed by atoms with Gasteiger partial charge in [0.05, 0.1) is 17.6 Å². The molecule has 0 spiro atoms. The van der Waals surface area contributed by atoms with E-state index in [2.05, 4.69) is 15.3 Å². The Hall–Kier alpha value is -5.04. The van der Waals surface area contributed by atoms with E-state index in [4.69, 9.17) is 15.0 Å². The van der Waals surface area contributed by atoms with Gasteiger partial charge in [-0.05, 0) is 24.3 Å². The highest BCUT2D eigenvalue weighted by molar-refractivity contribution is 5.65. The van der Waals surface area contributed by atoms with Crippen LogP contribution in [0.5, 0.6) is 0 Å². The van der Waals surface area contributed by atoms with Crippen molar-refractivity contribution in [2.24, 2.45) is 0 Å². The van der Waals surface area contributed by atoms with Crippen LogP contribution < -0.4 is 0 Å². The molecule has 6 rings (SSSR count). The molecule has 0 saturated carbocycles. The molecule has 3 heterocycles. The largest absolute Gasteiger partial charge is 0.256 e. The molecule has 3 aromatic carbocycles. The van der Waals surface area contributed by atoms with E-state index >= 15 is 0 Å². The molecular weight excluding hydrogens is 434 g/mol. The Kier molecular flexibility index (Phi) is 5.33. The Bertz CT molecular complexity index is 1520. The summed E-state index contributed by atoms with van der Waals surface area (Å²) in [5.41, 5.74) is 5.13. The minimum atomic E-state index is 0.463. The lowest BCUT2D eigenvalue weighted by Gasteiger charge is -2.06. The van der Waals surface area contributed by atoms with Gasteiger partial charge >= 0.3 is 0 Å². The molecule has 0 amide bonds. The van der Waals surface area contributed by atoms with Crippen LogP contribution in [0.3, 0.4) is 0 Å². The van der Waals surface area contributed by atoms with Crippen LogP contribution in [0.4, 0.5) is 0 Å². The number of aromatic nitrogens is 7. The number of rotatable bonds is 5. The second-order valence-electron chi connectivity index (χ2n) is 7.85. The zero-order chi connectivity index (χ0) is 23.5. The van der Waals surface area contributed by atoms with Gasteiger partial charge in [-0.3, -0.25) is 4.98 Å². The van der Waals surface area contributed by atoms with Gasteiger partial charge in [0.15, 0.2) is 23.2 Å². The van der Waals surface area contributed by atoms with Crippen LogP contribution in [0.15, 0.2) is 116 Å². The van der Waals surface area contributed by atoms with Crippen molar-refractivity contribution in [2.45, 2.75) is 0 Å². The topological polar surface area (TPSA) is 82.3 Å². The predicted octanol–water partition coefficient (Wildman–Crippen LogP) is 5.52. The molecule has 3 aromatic heterocycles. The third-order valence-corrected chi connectivity index (χ3v) is 5.49. The molecule has 0 aliphatic heterocycles. The van der Waals surface area contributed by atoms with Crippen LogP contribution in [-0.2, 0) is 0 Å². The summed E-state index contributed by atoms with van der Waals surface area (Å²) in [5, 5.41) is 8.73. The standard InChI is InChI=1S/C28H19N7/c1-3-10-20(11-4-1)26-30-27(21-12-5-2-6-13-21)32-28(31-26)25-19-35(34-33-25)23-15-9-14-22(18-23)24-16-7-8-17-29-24/h1-19H. The van der Waals surface area contributed by atoms with Crippen molar-refractivity contribution in [2.75, 3.05) is 0 Å². The Morgan fingerprint density at radius 2 is 1.14 bits per heavy atom. The Morgan fingerprint density at radius 3 is 1.80 bits per heavy atom. The van der Waals surface area contributed by atoms with Gasteiger partial charge in [-0.25, -0.2) is 19.6 Å². The minimum Gasteiger partial charge on any atom is -0.256 e. The lowest BCUT2D eigenvalue weighted by Crippen LogP contribution is -2.00. The average Bonchev–Trinajstić information content (AvgIpc) is 3.45. The molecule has 0 N–H and O–H groups in total.